The van der Waals surface area contributed by atoms with Crippen LogP contribution in [0.4, 0.5) is 0 Å². The molecule has 0 bridgehead atoms. The number of nitrogens with zero attached hydrogens (tertiary/aromatic N) is 3. The van der Waals surface area contributed by atoms with E-state index in [2.05, 4.69) is 15.0 Å². The number of hydrogen-bond donors (Lipinski definition) is 0. The summed E-state index contributed by atoms with van der Waals surface area (Å²) in [4.78, 5) is 12.2. The molecule has 3 rings (SSSR count). The van der Waals surface area contributed by atoms with Crippen molar-refractivity contribution in [2.75, 3.05) is 0 Å². The average molecular weight is 325 g/mol. The van der Waals surface area contributed by atoms with Crippen molar-refractivity contribution in [3.8, 4) is 11.4 Å². The molecular weight excluding hydrogens is 317 g/mol. The van der Waals surface area contributed by atoms with Crippen LogP contribution < -0.4 is 0 Å². The van der Waals surface area contributed by atoms with Crippen LogP contribution in [-0.4, -0.2) is 15.0 Å². The molecular formula is C14H8Cl3N3. The molecule has 0 spiro atoms. The Morgan fingerprint density at radius 1 is 0.850 bits per heavy atom. The molecule has 0 radical (unpaired) electrons. The lowest BCUT2D eigenvalue weighted by Crippen LogP contribution is -2.08. The average Bonchev–Trinajstić information content (AvgIpc) is 2.46. The van der Waals surface area contributed by atoms with E-state index in [1.807, 2.05) is 42.5 Å². The van der Waals surface area contributed by atoms with Crippen LogP contribution in [0.2, 0.25) is 0 Å². The number of hydrogen-bond acceptors (Lipinski definition) is 3. The van der Waals surface area contributed by atoms with Crippen LogP contribution in [0.25, 0.3) is 22.2 Å². The van der Waals surface area contributed by atoms with Crippen LogP contribution >= 0.6 is 34.8 Å². The Hall–Kier alpha value is -1.42. The lowest BCUT2D eigenvalue weighted by molar-refractivity contribution is 0.924. The second-order valence-electron chi connectivity index (χ2n) is 4.19. The minimum absolute atomic E-state index is 0.112. The maximum Gasteiger partial charge on any atom is 0.250 e. The molecule has 0 saturated carbocycles. The fourth-order valence-electron chi connectivity index (χ4n) is 1.90. The molecule has 3 nitrogen and oxygen atoms in total. The van der Waals surface area contributed by atoms with Crippen LogP contribution in [0.15, 0.2) is 48.8 Å². The van der Waals surface area contributed by atoms with E-state index < -0.39 is 3.79 Å². The van der Waals surface area contributed by atoms with E-state index in [0.29, 0.717) is 5.82 Å². The Balaban J connectivity index is 2.11. The quantitative estimate of drug-likeness (QED) is 0.618. The summed E-state index contributed by atoms with van der Waals surface area (Å²) in [7, 11) is 0. The lowest BCUT2D eigenvalue weighted by atomic mass is 10.1. The predicted molar refractivity (Wildman–Crippen MR) is 82.0 cm³/mol. The van der Waals surface area contributed by atoms with Crippen LogP contribution in [0.1, 0.15) is 5.82 Å². The second-order valence-corrected chi connectivity index (χ2v) is 6.47. The molecule has 0 saturated heterocycles. The standard InChI is InChI=1S/C14H8Cl3N3/c15-14(16,17)13-19-8-18-12(20-13)11-6-5-9-3-1-2-4-10(9)7-11/h1-8H. The zero-order chi connectivity index (χ0) is 14.2. The van der Waals surface area contributed by atoms with Gasteiger partial charge < -0.3 is 0 Å². The first kappa shape index (κ1) is 13.6. The number of rotatable bonds is 1. The Morgan fingerprint density at radius 3 is 2.35 bits per heavy atom. The fraction of sp³-hybridized carbons (Fsp3) is 0.0714. The molecule has 0 amide bonds. The first-order valence-electron chi connectivity index (χ1n) is 5.79. The van der Waals surface area contributed by atoms with Crippen LogP contribution in [-0.2, 0) is 3.79 Å². The third-order valence-electron chi connectivity index (χ3n) is 2.83. The second kappa shape index (κ2) is 5.17. The van der Waals surface area contributed by atoms with Crippen molar-refractivity contribution >= 4 is 45.6 Å². The normalized spacial score (nSPS) is 11.8. The molecule has 3 aromatic rings. The highest BCUT2D eigenvalue weighted by Gasteiger charge is 2.27. The highest BCUT2D eigenvalue weighted by molar-refractivity contribution is 6.66. The summed E-state index contributed by atoms with van der Waals surface area (Å²) >= 11 is 17.4. The van der Waals surface area contributed by atoms with Gasteiger partial charge in [-0.2, -0.15) is 0 Å². The number of fused-ring (bicyclic) bond motifs is 1. The zero-order valence-electron chi connectivity index (χ0n) is 10.1. The van der Waals surface area contributed by atoms with Crippen molar-refractivity contribution in [2.24, 2.45) is 0 Å². The fourth-order valence-corrected chi connectivity index (χ4v) is 2.17. The number of aromatic nitrogens is 3. The molecule has 1 heterocycles. The largest absolute Gasteiger partial charge is 0.250 e. The monoisotopic (exact) mass is 323 g/mol. The van der Waals surface area contributed by atoms with Crippen molar-refractivity contribution in [3.63, 3.8) is 0 Å². The van der Waals surface area contributed by atoms with E-state index in [9.17, 15) is 0 Å². The highest BCUT2D eigenvalue weighted by Crippen LogP contribution is 2.36. The van der Waals surface area contributed by atoms with Crippen LogP contribution in [0.5, 0.6) is 0 Å². The van der Waals surface area contributed by atoms with E-state index >= 15 is 0 Å². The summed E-state index contributed by atoms with van der Waals surface area (Å²) in [5, 5.41) is 2.24. The first-order valence-corrected chi connectivity index (χ1v) is 6.93. The third-order valence-corrected chi connectivity index (χ3v) is 3.34. The van der Waals surface area contributed by atoms with E-state index in [-0.39, 0.29) is 5.82 Å². The van der Waals surface area contributed by atoms with E-state index in [4.69, 9.17) is 34.8 Å². The van der Waals surface area contributed by atoms with Crippen molar-refractivity contribution in [2.45, 2.75) is 3.79 Å². The summed E-state index contributed by atoms with van der Waals surface area (Å²) in [6, 6.07) is 14.0. The first-order chi connectivity index (χ1) is 9.54. The summed E-state index contributed by atoms with van der Waals surface area (Å²) < 4.78 is -1.66. The van der Waals surface area contributed by atoms with Gasteiger partial charge in [0.05, 0.1) is 0 Å². The molecule has 0 unspecified atom stereocenters. The van der Waals surface area contributed by atoms with Gasteiger partial charge in [-0.15, -0.1) is 0 Å². The van der Waals surface area contributed by atoms with Gasteiger partial charge in [-0.3, -0.25) is 0 Å². The van der Waals surface area contributed by atoms with Gasteiger partial charge in [0.15, 0.2) is 11.6 Å². The molecule has 2 aromatic carbocycles. The van der Waals surface area contributed by atoms with Crippen molar-refractivity contribution < 1.29 is 0 Å². The maximum atomic E-state index is 5.79. The van der Waals surface area contributed by atoms with Gasteiger partial charge in [0.25, 0.3) is 0 Å². The minimum atomic E-state index is -1.66. The van der Waals surface area contributed by atoms with Gasteiger partial charge in [0.2, 0.25) is 3.79 Å². The van der Waals surface area contributed by atoms with E-state index in [1.165, 1.54) is 6.33 Å². The smallest absolute Gasteiger partial charge is 0.217 e. The molecule has 0 N–H and O–H groups in total. The van der Waals surface area contributed by atoms with E-state index in [1.54, 1.807) is 0 Å². The number of halogens is 3. The van der Waals surface area contributed by atoms with Gasteiger partial charge >= 0.3 is 0 Å². The van der Waals surface area contributed by atoms with Gasteiger partial charge in [-0.25, -0.2) is 15.0 Å². The summed E-state index contributed by atoms with van der Waals surface area (Å²) in [6.45, 7) is 0. The zero-order valence-corrected chi connectivity index (χ0v) is 12.4. The summed E-state index contributed by atoms with van der Waals surface area (Å²) in [6.07, 6.45) is 1.34. The topological polar surface area (TPSA) is 38.7 Å². The molecule has 6 heteroatoms. The number of benzene rings is 2. The van der Waals surface area contributed by atoms with Crippen molar-refractivity contribution in [3.05, 3.63) is 54.6 Å². The van der Waals surface area contributed by atoms with E-state index in [0.717, 1.165) is 16.3 Å². The number of alkyl halides is 3. The molecule has 20 heavy (non-hydrogen) atoms. The summed E-state index contributed by atoms with van der Waals surface area (Å²) in [5.41, 5.74) is 0.849. The van der Waals surface area contributed by atoms with Gasteiger partial charge in [-0.1, -0.05) is 71.2 Å². The van der Waals surface area contributed by atoms with Gasteiger partial charge in [-0.05, 0) is 16.8 Å². The summed E-state index contributed by atoms with van der Waals surface area (Å²) in [5.74, 6) is 0.590. The third kappa shape index (κ3) is 2.70. The molecule has 0 atom stereocenters. The maximum absolute atomic E-state index is 5.79. The molecule has 0 fully saturated rings. The Labute approximate surface area is 130 Å². The SMILES string of the molecule is ClC(Cl)(Cl)c1ncnc(-c2ccc3ccccc3c2)n1. The molecule has 1 aromatic heterocycles. The van der Waals surface area contributed by atoms with Crippen LogP contribution in [0.3, 0.4) is 0 Å². The predicted octanol–water partition coefficient (Wildman–Crippen LogP) is 4.52. The molecule has 0 aliphatic carbocycles. The van der Waals surface area contributed by atoms with Crippen molar-refractivity contribution in [1.29, 1.82) is 0 Å². The van der Waals surface area contributed by atoms with Crippen LogP contribution in [0, 0.1) is 0 Å². The van der Waals surface area contributed by atoms with Gasteiger partial charge in [0.1, 0.15) is 6.33 Å². The van der Waals surface area contributed by atoms with Crippen molar-refractivity contribution in [1.82, 2.24) is 15.0 Å². The lowest BCUT2D eigenvalue weighted by Gasteiger charge is -2.09. The van der Waals surface area contributed by atoms with Gasteiger partial charge in [0, 0.05) is 5.56 Å². The Kier molecular flexibility index (Phi) is 3.50. The molecule has 0 aliphatic rings. The molecule has 100 valence electrons. The minimum Gasteiger partial charge on any atom is -0.217 e. The highest BCUT2D eigenvalue weighted by atomic mass is 35.6. The Morgan fingerprint density at radius 2 is 1.60 bits per heavy atom. The Bertz CT molecular complexity index is 769. The molecule has 0 aliphatic heterocycles.